The van der Waals surface area contributed by atoms with Crippen LogP contribution in [-0.2, 0) is 34.0 Å². The third-order valence-electron chi connectivity index (χ3n) is 0.822. The van der Waals surface area contributed by atoms with E-state index in [4.69, 9.17) is 33.0 Å². The van der Waals surface area contributed by atoms with E-state index in [1.807, 2.05) is 0 Å². The quantitative estimate of drug-likeness (QED) is 0.498. The minimum Gasteiger partial charge on any atom is -0.286 e. The first-order valence-corrected chi connectivity index (χ1v) is 5.69. The van der Waals surface area contributed by atoms with Crippen LogP contribution in [0, 0.1) is 12.3 Å². The van der Waals surface area contributed by atoms with Crippen LogP contribution in [0.15, 0.2) is 11.5 Å². The normalized spacial score (nSPS) is 29.9. The minimum atomic E-state index is -1.76. The first-order chi connectivity index (χ1) is 4.14. The highest BCUT2D eigenvalue weighted by Gasteiger charge is 2.12. The molecule has 0 fully saturated rings. The molecule has 48 valence electrons. The topological polar surface area (TPSA) is 9.23 Å². The van der Waals surface area contributed by atoms with Crippen molar-refractivity contribution in [2.75, 3.05) is 0 Å². The maximum Gasteiger partial charge on any atom is 0.152 e. The van der Waals surface area contributed by atoms with E-state index in [0.29, 0.717) is 0 Å². The number of hydrogen-bond acceptors (Lipinski definition) is 3. The fourth-order valence-corrected chi connectivity index (χ4v) is 2.16. The van der Waals surface area contributed by atoms with Crippen LogP contribution in [0.1, 0.15) is 0 Å². The molecule has 1 aliphatic heterocycles. The Morgan fingerprint density at radius 3 is 2.56 bits per heavy atom. The molecule has 9 heavy (non-hydrogen) atoms. The third-order valence-corrected chi connectivity index (χ3v) is 2.93. The Morgan fingerprint density at radius 1 is 1.67 bits per heavy atom. The molecule has 0 saturated carbocycles. The van der Waals surface area contributed by atoms with Crippen LogP contribution in [-0.4, -0.2) is 6.10 Å². The molecule has 0 spiro atoms. The van der Waals surface area contributed by atoms with Crippen LogP contribution < -0.4 is 0 Å². The van der Waals surface area contributed by atoms with Crippen molar-refractivity contribution in [2.24, 2.45) is 0 Å². The van der Waals surface area contributed by atoms with Crippen molar-refractivity contribution in [1.82, 2.24) is 0 Å². The fraction of sp³-hybridized carbons (Fsp3) is 0.200. The summed E-state index contributed by atoms with van der Waals surface area (Å²) in [4.78, 5) is 0. The van der Waals surface area contributed by atoms with Gasteiger partial charge in [-0.3, -0.25) is 4.18 Å². The second-order valence-electron chi connectivity index (χ2n) is 1.50. The second-order valence-corrected chi connectivity index (χ2v) is 6.56. The van der Waals surface area contributed by atoms with E-state index in [0.717, 1.165) is 0 Å². The van der Waals surface area contributed by atoms with E-state index in [-0.39, 0.29) is 6.10 Å². The van der Waals surface area contributed by atoms with Crippen LogP contribution in [0.5, 0.6) is 0 Å². The van der Waals surface area contributed by atoms with E-state index < -0.39 is 7.43 Å². The van der Waals surface area contributed by atoms with Crippen molar-refractivity contribution in [1.29, 1.82) is 0 Å². The van der Waals surface area contributed by atoms with E-state index in [9.17, 15) is 0 Å². The van der Waals surface area contributed by atoms with Crippen molar-refractivity contribution in [3.05, 3.63) is 11.5 Å². The summed E-state index contributed by atoms with van der Waals surface area (Å²) in [6, 6.07) is 0. The Balaban J connectivity index is 2.87. The molecular weight excluding hydrogens is 172 g/mol. The second kappa shape index (κ2) is 2.35. The summed E-state index contributed by atoms with van der Waals surface area (Å²) >= 11 is 9.69. The monoisotopic (exact) mass is 176 g/mol. The minimum absolute atomic E-state index is 0.282. The van der Waals surface area contributed by atoms with Crippen molar-refractivity contribution in [3.63, 3.8) is 0 Å². The van der Waals surface area contributed by atoms with Gasteiger partial charge in [-0.25, -0.2) is 0 Å². The summed E-state index contributed by atoms with van der Waals surface area (Å²) < 4.78 is 5.06. The van der Waals surface area contributed by atoms with Gasteiger partial charge in [0.05, 0.1) is 0 Å². The van der Waals surface area contributed by atoms with Gasteiger partial charge in [0.2, 0.25) is 0 Å². The van der Waals surface area contributed by atoms with Crippen molar-refractivity contribution in [2.45, 2.75) is 6.10 Å². The highest BCUT2D eigenvalue weighted by molar-refractivity contribution is 8.55. The summed E-state index contributed by atoms with van der Waals surface area (Å²) in [6.45, 7) is 0. The highest BCUT2D eigenvalue weighted by Crippen LogP contribution is 2.12. The van der Waals surface area contributed by atoms with Crippen LogP contribution in [0.4, 0.5) is 0 Å². The van der Waals surface area contributed by atoms with E-state index in [1.165, 1.54) is 0 Å². The standard InChI is InChI=1S/C5H4OS3/c1-2-5-3-4-9(7,8)6-5/h1,3-5H. The molecule has 0 bridgehead atoms. The largest absolute Gasteiger partial charge is 0.286 e. The molecule has 1 aliphatic rings. The van der Waals surface area contributed by atoms with Crippen molar-refractivity contribution < 1.29 is 4.18 Å². The van der Waals surface area contributed by atoms with Crippen molar-refractivity contribution >= 4 is 29.8 Å². The molecule has 1 unspecified atom stereocenters. The zero-order valence-electron chi connectivity index (χ0n) is 4.44. The summed E-state index contributed by atoms with van der Waals surface area (Å²) in [7, 11) is -1.76. The summed E-state index contributed by atoms with van der Waals surface area (Å²) in [5.41, 5.74) is 0. The molecule has 0 aromatic rings. The smallest absolute Gasteiger partial charge is 0.152 e. The lowest BCUT2D eigenvalue weighted by molar-refractivity contribution is 0.369. The van der Waals surface area contributed by atoms with Crippen molar-refractivity contribution in [3.8, 4) is 12.3 Å². The SMILES string of the molecule is C#CC1C=CS(=S)(=S)O1. The Morgan fingerprint density at radius 2 is 2.33 bits per heavy atom. The molecule has 0 radical (unpaired) electrons. The fourth-order valence-electron chi connectivity index (χ4n) is 0.460. The molecule has 0 amide bonds. The predicted octanol–water partition coefficient (Wildman–Crippen LogP) is 0.525. The van der Waals surface area contributed by atoms with Gasteiger partial charge in [0.1, 0.15) is 0 Å². The van der Waals surface area contributed by atoms with Crippen LogP contribution in [0.3, 0.4) is 0 Å². The van der Waals surface area contributed by atoms with E-state index in [2.05, 4.69) is 5.92 Å². The van der Waals surface area contributed by atoms with Crippen LogP contribution in [0.25, 0.3) is 0 Å². The molecular formula is C5H4OS3. The zero-order valence-corrected chi connectivity index (χ0v) is 6.89. The van der Waals surface area contributed by atoms with Crippen LogP contribution in [0.2, 0.25) is 0 Å². The molecule has 0 aliphatic carbocycles. The first-order valence-electron chi connectivity index (χ1n) is 2.22. The molecule has 0 aromatic carbocycles. The first kappa shape index (κ1) is 7.16. The maximum absolute atomic E-state index is 5.06. The predicted molar refractivity (Wildman–Crippen MR) is 44.9 cm³/mol. The van der Waals surface area contributed by atoms with Gasteiger partial charge >= 0.3 is 0 Å². The molecule has 0 N–H and O–H groups in total. The zero-order chi connectivity index (χ0) is 6.91. The van der Waals surface area contributed by atoms with Gasteiger partial charge in [0.15, 0.2) is 6.10 Å². The number of terminal acetylenes is 1. The summed E-state index contributed by atoms with van der Waals surface area (Å²) in [5, 5.41) is 1.70. The number of hydrogen-bond donors (Lipinski definition) is 0. The Labute approximate surface area is 64.1 Å². The van der Waals surface area contributed by atoms with Gasteiger partial charge in [-0.05, 0) is 28.5 Å². The van der Waals surface area contributed by atoms with Gasteiger partial charge < -0.3 is 0 Å². The molecule has 1 heterocycles. The third kappa shape index (κ3) is 1.73. The average molecular weight is 176 g/mol. The molecule has 0 saturated heterocycles. The molecule has 0 aromatic heterocycles. The van der Waals surface area contributed by atoms with E-state index >= 15 is 0 Å². The lowest BCUT2D eigenvalue weighted by atomic mass is 10.4. The Hall–Kier alpha value is 0.0500. The van der Waals surface area contributed by atoms with Gasteiger partial charge in [0, 0.05) is 12.8 Å². The maximum atomic E-state index is 5.06. The molecule has 1 atom stereocenters. The highest BCUT2D eigenvalue weighted by atomic mass is 33.1. The molecule has 1 rings (SSSR count). The lowest BCUT2D eigenvalue weighted by Crippen LogP contribution is -2.02. The average Bonchev–Trinajstić information content (AvgIpc) is 2.10. The number of rotatable bonds is 0. The lowest BCUT2D eigenvalue weighted by Gasteiger charge is -1.99. The molecule has 4 heteroatoms. The molecule has 1 nitrogen and oxygen atoms in total. The Kier molecular flexibility index (Phi) is 1.87. The summed E-state index contributed by atoms with van der Waals surface area (Å²) in [6.07, 6.45) is 6.50. The van der Waals surface area contributed by atoms with E-state index in [1.54, 1.807) is 11.5 Å². The van der Waals surface area contributed by atoms with Gasteiger partial charge in [-0.2, -0.15) is 0 Å². The van der Waals surface area contributed by atoms with Gasteiger partial charge in [0.25, 0.3) is 0 Å². The van der Waals surface area contributed by atoms with Crippen LogP contribution >= 0.6 is 0 Å². The Bertz CT molecular complexity index is 267. The van der Waals surface area contributed by atoms with Gasteiger partial charge in [-0.15, -0.1) is 6.42 Å². The summed E-state index contributed by atoms with van der Waals surface area (Å²) in [5.74, 6) is 2.40. The van der Waals surface area contributed by atoms with Gasteiger partial charge in [-0.1, -0.05) is 5.92 Å².